The van der Waals surface area contributed by atoms with Gasteiger partial charge in [-0.25, -0.2) is 4.79 Å². The van der Waals surface area contributed by atoms with Gasteiger partial charge in [-0.05, 0) is 44.0 Å². The quantitative estimate of drug-likeness (QED) is 0.197. The van der Waals surface area contributed by atoms with Crippen molar-refractivity contribution in [3.63, 3.8) is 0 Å². The molecule has 35 heavy (non-hydrogen) atoms. The number of fused-ring (bicyclic) bond motifs is 4. The Morgan fingerprint density at radius 2 is 1.69 bits per heavy atom. The number of carbonyl (C=O) groups is 3. The van der Waals surface area contributed by atoms with Crippen molar-refractivity contribution in [2.24, 2.45) is 5.41 Å². The monoisotopic (exact) mass is 478 g/mol. The van der Waals surface area contributed by atoms with E-state index >= 15 is 0 Å². The third-order valence-corrected chi connectivity index (χ3v) is 6.75. The molecule has 1 aromatic heterocycles. The maximum Gasteiger partial charge on any atom is 0.338 e. The number of hydrogen-bond donors (Lipinski definition) is 2. The number of esters is 1. The van der Waals surface area contributed by atoms with Gasteiger partial charge in [0.05, 0.1) is 34.3 Å². The van der Waals surface area contributed by atoms with E-state index in [2.05, 4.69) is 5.32 Å². The first-order valence-electron chi connectivity index (χ1n) is 12.2. The number of nitrogens with one attached hydrogen (secondary N) is 1. The molecule has 0 fully saturated rings. The first-order chi connectivity index (χ1) is 16.8. The number of anilines is 2. The van der Waals surface area contributed by atoms with Gasteiger partial charge in [0.1, 0.15) is 5.41 Å². The van der Waals surface area contributed by atoms with Gasteiger partial charge in [-0.15, -0.1) is 0 Å². The topological polar surface area (TPSA) is 129 Å². The van der Waals surface area contributed by atoms with E-state index in [9.17, 15) is 19.2 Å². The molecule has 0 aliphatic carbocycles. The molecule has 0 radical (unpaired) electrons. The normalized spacial score (nSPS) is 14.7. The van der Waals surface area contributed by atoms with Gasteiger partial charge in [-0.2, -0.15) is 0 Å². The molecule has 1 aliphatic rings. The first kappa shape index (κ1) is 24.4. The average Bonchev–Trinajstić information content (AvgIpc) is 2.84. The predicted octanol–water partition coefficient (Wildman–Crippen LogP) is 5.21. The number of unbranched alkanes of at least 4 members (excludes halogenated alkanes) is 2. The van der Waals surface area contributed by atoms with Crippen LogP contribution in [0.15, 0.2) is 33.5 Å². The molecule has 0 spiro atoms. The molecule has 0 saturated carbocycles. The summed E-state index contributed by atoms with van der Waals surface area (Å²) in [6, 6.07) is 5.88. The van der Waals surface area contributed by atoms with E-state index in [0.717, 1.165) is 25.7 Å². The lowest BCUT2D eigenvalue weighted by molar-refractivity contribution is -0.124. The Balaban J connectivity index is 1.92. The zero-order chi connectivity index (χ0) is 25.3. The van der Waals surface area contributed by atoms with Crippen molar-refractivity contribution in [2.75, 3.05) is 17.7 Å². The Hall–Kier alpha value is -3.68. The van der Waals surface area contributed by atoms with E-state index in [-0.39, 0.29) is 57.2 Å². The molecule has 8 heteroatoms. The van der Waals surface area contributed by atoms with Crippen molar-refractivity contribution in [1.82, 2.24) is 0 Å². The fourth-order valence-corrected chi connectivity index (χ4v) is 4.82. The summed E-state index contributed by atoms with van der Waals surface area (Å²) < 4.78 is 11.1. The van der Waals surface area contributed by atoms with Crippen LogP contribution in [0.5, 0.6) is 0 Å². The van der Waals surface area contributed by atoms with E-state index in [1.165, 1.54) is 18.2 Å². The van der Waals surface area contributed by atoms with Crippen molar-refractivity contribution in [1.29, 1.82) is 0 Å². The fraction of sp³-hybridized carbons (Fsp3) is 0.407. The second-order valence-electron chi connectivity index (χ2n) is 9.03. The Bertz CT molecular complexity index is 1400. The molecule has 3 aromatic rings. The summed E-state index contributed by atoms with van der Waals surface area (Å²) in [6.45, 7) is 5.92. The standard InChI is InChI=1S/C27H30N2O6/c1-4-7-11-27(12-8-5-2)24(31)16-9-10-17-21(30)18-13-15(25(32)34-6-3)14-19(28)22(18)35-23(17)20(16)29-26(27)33/h9-10,13-14H,4-8,11-12,28H2,1-3H3,(H,29,33). The van der Waals surface area contributed by atoms with Gasteiger partial charge in [-0.1, -0.05) is 39.5 Å². The highest BCUT2D eigenvalue weighted by atomic mass is 16.5. The largest absolute Gasteiger partial charge is 0.462 e. The molecule has 184 valence electrons. The van der Waals surface area contributed by atoms with Crippen LogP contribution in [0.2, 0.25) is 0 Å². The van der Waals surface area contributed by atoms with Crippen LogP contribution >= 0.6 is 0 Å². The SMILES string of the molecule is CCCCC1(CCCC)C(=O)Nc2c(ccc3c(=O)c4cc(C(=O)OCC)cc(N)c4oc23)C1=O. The molecule has 2 heterocycles. The number of carbonyl (C=O) groups excluding carboxylic acids is 3. The lowest BCUT2D eigenvalue weighted by Crippen LogP contribution is -2.47. The molecular formula is C27H30N2O6. The zero-order valence-electron chi connectivity index (χ0n) is 20.3. The van der Waals surface area contributed by atoms with Gasteiger partial charge in [0.25, 0.3) is 0 Å². The second kappa shape index (κ2) is 9.52. The number of nitrogens with two attached hydrogens (primary N) is 1. The Morgan fingerprint density at radius 3 is 2.31 bits per heavy atom. The lowest BCUT2D eigenvalue weighted by atomic mass is 9.69. The number of benzene rings is 2. The average molecular weight is 479 g/mol. The summed E-state index contributed by atoms with van der Waals surface area (Å²) in [7, 11) is 0. The van der Waals surface area contributed by atoms with Gasteiger partial charge in [0.15, 0.2) is 16.9 Å². The van der Waals surface area contributed by atoms with Crippen molar-refractivity contribution >= 4 is 51.0 Å². The molecule has 0 unspecified atom stereocenters. The minimum Gasteiger partial charge on any atom is -0.462 e. The highest BCUT2D eigenvalue weighted by molar-refractivity contribution is 6.27. The maximum atomic E-state index is 13.7. The first-order valence-corrected chi connectivity index (χ1v) is 12.2. The molecule has 1 aliphatic heterocycles. The summed E-state index contributed by atoms with van der Waals surface area (Å²) >= 11 is 0. The van der Waals surface area contributed by atoms with Gasteiger partial charge in [0, 0.05) is 5.56 Å². The van der Waals surface area contributed by atoms with Crippen LogP contribution in [-0.2, 0) is 9.53 Å². The van der Waals surface area contributed by atoms with Crippen molar-refractivity contribution in [3.8, 4) is 0 Å². The number of rotatable bonds is 8. The van der Waals surface area contributed by atoms with Gasteiger partial charge >= 0.3 is 5.97 Å². The summed E-state index contributed by atoms with van der Waals surface area (Å²) in [5, 5.41) is 3.19. The van der Waals surface area contributed by atoms with E-state index in [0.29, 0.717) is 18.4 Å². The highest BCUT2D eigenvalue weighted by Gasteiger charge is 2.49. The molecule has 8 nitrogen and oxygen atoms in total. The molecular weight excluding hydrogens is 448 g/mol. The number of nitrogen functional groups attached to an aromatic ring is 1. The number of hydrogen-bond acceptors (Lipinski definition) is 7. The fourth-order valence-electron chi connectivity index (χ4n) is 4.82. The molecule has 2 aromatic carbocycles. The minimum absolute atomic E-state index is 0.0795. The van der Waals surface area contributed by atoms with Gasteiger partial charge in [-0.3, -0.25) is 14.4 Å². The van der Waals surface area contributed by atoms with Crippen LogP contribution in [-0.4, -0.2) is 24.3 Å². The van der Waals surface area contributed by atoms with E-state index < -0.39 is 16.8 Å². The van der Waals surface area contributed by atoms with Crippen molar-refractivity contribution in [3.05, 3.63) is 45.6 Å². The van der Waals surface area contributed by atoms with E-state index in [1.807, 2.05) is 13.8 Å². The Labute approximate surface area is 202 Å². The summed E-state index contributed by atoms with van der Waals surface area (Å²) in [6.07, 6.45) is 4.18. The predicted molar refractivity (Wildman–Crippen MR) is 135 cm³/mol. The third kappa shape index (κ3) is 3.96. The van der Waals surface area contributed by atoms with Crippen molar-refractivity contribution < 1.29 is 23.5 Å². The third-order valence-electron chi connectivity index (χ3n) is 6.75. The minimum atomic E-state index is -1.13. The molecule has 0 bridgehead atoms. The lowest BCUT2D eigenvalue weighted by Gasteiger charge is -2.35. The van der Waals surface area contributed by atoms with E-state index in [1.54, 1.807) is 13.0 Å². The molecule has 1 amide bonds. The Kier molecular flexibility index (Phi) is 6.65. The number of Topliss-reactive ketones (excluding diaryl/α,β-unsaturated/α-hetero) is 1. The zero-order valence-corrected chi connectivity index (χ0v) is 20.3. The molecule has 0 saturated heterocycles. The maximum absolute atomic E-state index is 13.7. The Morgan fingerprint density at radius 1 is 1.00 bits per heavy atom. The number of ketones is 1. The summed E-state index contributed by atoms with van der Waals surface area (Å²) in [5.74, 6) is -1.20. The van der Waals surface area contributed by atoms with Gasteiger partial charge < -0.3 is 20.2 Å². The summed E-state index contributed by atoms with van der Waals surface area (Å²) in [4.78, 5) is 52.7. The van der Waals surface area contributed by atoms with Crippen LogP contribution in [0.3, 0.4) is 0 Å². The number of amides is 1. The van der Waals surface area contributed by atoms with Crippen molar-refractivity contribution in [2.45, 2.75) is 59.3 Å². The van der Waals surface area contributed by atoms with Crippen LogP contribution in [0.4, 0.5) is 11.4 Å². The van der Waals surface area contributed by atoms with Crippen LogP contribution < -0.4 is 16.5 Å². The highest BCUT2D eigenvalue weighted by Crippen LogP contribution is 2.44. The number of ether oxygens (including phenoxy) is 1. The second-order valence-corrected chi connectivity index (χ2v) is 9.03. The summed E-state index contributed by atoms with van der Waals surface area (Å²) in [5.41, 5.74) is 5.51. The molecule has 4 rings (SSSR count). The van der Waals surface area contributed by atoms with E-state index in [4.69, 9.17) is 14.9 Å². The van der Waals surface area contributed by atoms with Crippen LogP contribution in [0.1, 0.15) is 80.0 Å². The van der Waals surface area contributed by atoms with Crippen LogP contribution in [0, 0.1) is 5.41 Å². The van der Waals surface area contributed by atoms with Crippen LogP contribution in [0.25, 0.3) is 21.9 Å². The molecule has 3 N–H and O–H groups in total. The smallest absolute Gasteiger partial charge is 0.338 e. The van der Waals surface area contributed by atoms with Gasteiger partial charge in [0.2, 0.25) is 11.3 Å². The molecule has 0 atom stereocenters.